The summed E-state index contributed by atoms with van der Waals surface area (Å²) >= 11 is 1.18. The van der Waals surface area contributed by atoms with Gasteiger partial charge in [0, 0.05) is 11.4 Å². The summed E-state index contributed by atoms with van der Waals surface area (Å²) in [6.07, 6.45) is 6.00. The minimum Gasteiger partial charge on any atom is -0.351 e. The number of amides is 2. The molecule has 4 nitrogen and oxygen atoms in total. The molecule has 0 heterocycles. The predicted octanol–water partition coefficient (Wildman–Crippen LogP) is 2.38. The van der Waals surface area contributed by atoms with Gasteiger partial charge in [-0.1, -0.05) is 43.9 Å². The maximum Gasteiger partial charge on any atom is 0.322 e. The van der Waals surface area contributed by atoms with Gasteiger partial charge in [0.1, 0.15) is 0 Å². The lowest BCUT2D eigenvalue weighted by Crippen LogP contribution is -2.23. The van der Waals surface area contributed by atoms with Crippen LogP contribution in [0.3, 0.4) is 0 Å². The number of rotatable bonds is 3. The molecule has 0 spiro atoms. The SMILES string of the molecule is C1CCC1.NCc1ccccc1SNC(N)=O. The van der Waals surface area contributed by atoms with E-state index in [0.717, 1.165) is 10.5 Å². The summed E-state index contributed by atoms with van der Waals surface area (Å²) in [6, 6.07) is 7.01. The van der Waals surface area contributed by atoms with E-state index >= 15 is 0 Å². The Balaban J connectivity index is 0.000000302. The largest absolute Gasteiger partial charge is 0.351 e. The zero-order valence-electron chi connectivity index (χ0n) is 9.82. The van der Waals surface area contributed by atoms with Crippen LogP contribution in [0, 0.1) is 0 Å². The van der Waals surface area contributed by atoms with Crippen LogP contribution >= 0.6 is 11.9 Å². The first-order valence-electron chi connectivity index (χ1n) is 5.74. The third kappa shape index (κ3) is 5.60. The predicted molar refractivity (Wildman–Crippen MR) is 71.4 cm³/mol. The maximum absolute atomic E-state index is 10.4. The Morgan fingerprint density at radius 1 is 1.24 bits per heavy atom. The molecule has 5 N–H and O–H groups in total. The zero-order chi connectivity index (χ0) is 12.5. The van der Waals surface area contributed by atoms with Crippen molar-refractivity contribution < 1.29 is 4.79 Å². The number of hydrogen-bond donors (Lipinski definition) is 3. The summed E-state index contributed by atoms with van der Waals surface area (Å²) in [4.78, 5) is 11.4. The molecule has 1 aromatic rings. The summed E-state index contributed by atoms with van der Waals surface area (Å²) in [5.74, 6) is 0. The molecule has 1 saturated carbocycles. The van der Waals surface area contributed by atoms with Crippen LogP contribution in [0.5, 0.6) is 0 Å². The number of nitrogens with one attached hydrogen (secondary N) is 1. The van der Waals surface area contributed by atoms with Crippen LogP contribution in [-0.4, -0.2) is 6.03 Å². The zero-order valence-corrected chi connectivity index (χ0v) is 10.6. The van der Waals surface area contributed by atoms with Gasteiger partial charge in [0.05, 0.1) is 0 Å². The van der Waals surface area contributed by atoms with E-state index in [4.69, 9.17) is 11.5 Å². The molecule has 1 aliphatic rings. The van der Waals surface area contributed by atoms with Gasteiger partial charge in [-0.2, -0.15) is 0 Å². The second-order valence-corrected chi connectivity index (χ2v) is 4.64. The molecular weight excluding hydrogens is 234 g/mol. The van der Waals surface area contributed by atoms with E-state index in [0.29, 0.717) is 6.54 Å². The molecule has 5 heteroatoms. The van der Waals surface area contributed by atoms with E-state index in [-0.39, 0.29) is 0 Å². The number of carbonyl (C=O) groups is 1. The standard InChI is InChI=1S/C8H11N3OS.C4H8/c9-5-6-3-1-2-4-7(6)13-11-8(10)12;1-2-4-3-1/h1-4H,5,9H2,(H3,10,11,12);1-4H2. The molecule has 94 valence electrons. The van der Waals surface area contributed by atoms with E-state index in [9.17, 15) is 4.79 Å². The monoisotopic (exact) mass is 253 g/mol. The van der Waals surface area contributed by atoms with E-state index < -0.39 is 6.03 Å². The van der Waals surface area contributed by atoms with Crippen molar-refractivity contribution in [3.63, 3.8) is 0 Å². The molecule has 2 amide bonds. The Morgan fingerprint density at radius 2 is 1.82 bits per heavy atom. The van der Waals surface area contributed by atoms with Crippen molar-refractivity contribution in [3.05, 3.63) is 29.8 Å². The highest BCUT2D eigenvalue weighted by atomic mass is 32.2. The highest BCUT2D eigenvalue weighted by molar-refractivity contribution is 7.98. The normalized spacial score (nSPS) is 13.0. The molecule has 0 atom stereocenters. The van der Waals surface area contributed by atoms with Crippen molar-refractivity contribution in [2.75, 3.05) is 0 Å². The van der Waals surface area contributed by atoms with E-state index in [1.54, 1.807) is 0 Å². The summed E-state index contributed by atoms with van der Waals surface area (Å²) < 4.78 is 2.44. The van der Waals surface area contributed by atoms with Gasteiger partial charge in [-0.15, -0.1) is 0 Å². The van der Waals surface area contributed by atoms with E-state index in [2.05, 4.69) is 4.72 Å². The summed E-state index contributed by atoms with van der Waals surface area (Å²) in [5.41, 5.74) is 11.4. The maximum atomic E-state index is 10.4. The molecule has 0 radical (unpaired) electrons. The first-order chi connectivity index (χ1) is 8.24. The van der Waals surface area contributed by atoms with Gasteiger partial charge in [0.2, 0.25) is 0 Å². The Morgan fingerprint density at radius 3 is 2.29 bits per heavy atom. The molecule has 2 rings (SSSR count). The van der Waals surface area contributed by atoms with Gasteiger partial charge in [-0.3, -0.25) is 4.72 Å². The molecule has 0 unspecified atom stereocenters. The fourth-order valence-corrected chi connectivity index (χ4v) is 1.77. The third-order valence-electron chi connectivity index (χ3n) is 2.45. The Hall–Kier alpha value is -1.20. The van der Waals surface area contributed by atoms with Crippen LogP contribution in [0.1, 0.15) is 31.2 Å². The van der Waals surface area contributed by atoms with Gasteiger partial charge >= 0.3 is 6.03 Å². The average Bonchev–Trinajstić information content (AvgIpc) is 2.24. The smallest absolute Gasteiger partial charge is 0.322 e. The van der Waals surface area contributed by atoms with Gasteiger partial charge in [0.25, 0.3) is 0 Å². The fraction of sp³-hybridized carbons (Fsp3) is 0.417. The second-order valence-electron chi connectivity index (χ2n) is 3.79. The van der Waals surface area contributed by atoms with Crippen LogP contribution < -0.4 is 16.2 Å². The van der Waals surface area contributed by atoms with Crippen molar-refractivity contribution in [1.82, 2.24) is 4.72 Å². The van der Waals surface area contributed by atoms with Gasteiger partial charge < -0.3 is 11.5 Å². The number of hydrogen-bond acceptors (Lipinski definition) is 3. The molecule has 1 aromatic carbocycles. The van der Waals surface area contributed by atoms with Crippen molar-refractivity contribution in [2.45, 2.75) is 37.1 Å². The Kier molecular flexibility index (Phi) is 6.50. The van der Waals surface area contributed by atoms with Crippen molar-refractivity contribution in [3.8, 4) is 0 Å². The highest BCUT2D eigenvalue weighted by Crippen LogP contribution is 2.18. The van der Waals surface area contributed by atoms with Crippen molar-refractivity contribution >= 4 is 18.0 Å². The van der Waals surface area contributed by atoms with Gasteiger partial charge in [-0.05, 0) is 23.6 Å². The minimum atomic E-state index is -0.558. The molecule has 0 saturated heterocycles. The third-order valence-corrected chi connectivity index (χ3v) is 3.38. The quantitative estimate of drug-likeness (QED) is 0.723. The first-order valence-corrected chi connectivity index (χ1v) is 6.56. The van der Waals surface area contributed by atoms with Crippen LogP contribution in [0.4, 0.5) is 4.79 Å². The van der Waals surface area contributed by atoms with E-state index in [1.807, 2.05) is 24.3 Å². The lowest BCUT2D eigenvalue weighted by atomic mass is 10.0. The Bertz CT molecular complexity index is 349. The second kappa shape index (κ2) is 7.97. The molecule has 0 aliphatic heterocycles. The minimum absolute atomic E-state index is 0.448. The highest BCUT2D eigenvalue weighted by Gasteiger charge is 2.01. The van der Waals surface area contributed by atoms with Crippen LogP contribution in [-0.2, 0) is 6.54 Å². The molecule has 1 fully saturated rings. The number of carbonyl (C=O) groups excluding carboxylic acids is 1. The van der Waals surface area contributed by atoms with Crippen LogP contribution in [0.2, 0.25) is 0 Å². The van der Waals surface area contributed by atoms with Crippen LogP contribution in [0.15, 0.2) is 29.2 Å². The van der Waals surface area contributed by atoms with Gasteiger partial charge in [0.15, 0.2) is 0 Å². The fourth-order valence-electron chi connectivity index (χ4n) is 1.13. The van der Waals surface area contributed by atoms with Crippen molar-refractivity contribution in [2.24, 2.45) is 11.5 Å². The molecule has 0 bridgehead atoms. The van der Waals surface area contributed by atoms with Gasteiger partial charge in [-0.25, -0.2) is 4.79 Å². The molecule has 1 aliphatic carbocycles. The number of nitrogens with two attached hydrogens (primary N) is 2. The average molecular weight is 253 g/mol. The number of urea groups is 1. The molecule has 17 heavy (non-hydrogen) atoms. The summed E-state index contributed by atoms with van der Waals surface area (Å²) in [6.45, 7) is 0.448. The number of primary amides is 1. The molecular formula is C12H19N3OS. The lowest BCUT2D eigenvalue weighted by molar-refractivity contribution is 0.254. The summed E-state index contributed by atoms with van der Waals surface area (Å²) in [7, 11) is 0. The Labute approximate surface area is 106 Å². The first kappa shape index (κ1) is 13.9. The lowest BCUT2D eigenvalue weighted by Gasteiger charge is -2.05. The van der Waals surface area contributed by atoms with Crippen molar-refractivity contribution in [1.29, 1.82) is 0 Å². The van der Waals surface area contributed by atoms with E-state index in [1.165, 1.54) is 37.6 Å². The molecule has 0 aromatic heterocycles. The number of benzene rings is 1. The summed E-state index contributed by atoms with van der Waals surface area (Å²) in [5, 5.41) is 0. The topological polar surface area (TPSA) is 81.1 Å². The van der Waals surface area contributed by atoms with Crippen LogP contribution in [0.25, 0.3) is 0 Å².